The third kappa shape index (κ3) is 9.11. The molecule has 16 heteroatoms. The molecule has 1 aliphatic heterocycles. The Labute approximate surface area is 321 Å². The van der Waals surface area contributed by atoms with E-state index in [-0.39, 0.29) is 25.3 Å². The Kier molecular flexibility index (Phi) is 12.4. The summed E-state index contributed by atoms with van der Waals surface area (Å²) in [6.07, 6.45) is -1.01. The van der Waals surface area contributed by atoms with Gasteiger partial charge in [0.2, 0.25) is 0 Å². The molecule has 0 radical (unpaired) electrons. The van der Waals surface area contributed by atoms with Gasteiger partial charge < -0.3 is 32.9 Å². The molecule has 55 heavy (non-hydrogen) atoms. The average molecular weight is 790 g/mol. The van der Waals surface area contributed by atoms with E-state index in [1.165, 1.54) is 22.9 Å². The maximum atomic E-state index is 13.0. The van der Waals surface area contributed by atoms with Crippen LogP contribution in [0.5, 0.6) is 11.5 Å². The van der Waals surface area contributed by atoms with E-state index in [2.05, 4.69) is 4.98 Å². The Morgan fingerprint density at radius 2 is 1.51 bits per heavy atom. The Morgan fingerprint density at radius 1 is 0.927 bits per heavy atom. The number of rotatable bonds is 16. The van der Waals surface area contributed by atoms with Crippen molar-refractivity contribution in [1.29, 1.82) is 0 Å². The number of hydrogen-bond acceptors (Lipinski definition) is 11. The highest BCUT2D eigenvalue weighted by Gasteiger charge is 2.44. The second kappa shape index (κ2) is 17.2. The van der Waals surface area contributed by atoms with Crippen molar-refractivity contribution in [3.8, 4) is 11.5 Å². The first-order chi connectivity index (χ1) is 26.4. The van der Waals surface area contributed by atoms with Crippen molar-refractivity contribution in [2.75, 3.05) is 27.4 Å². The SMILES string of the molecule is COc1ccc(C(OC[C@H]2O[C@@H](n3cc(C)c(=O)[nH]c3=O)C[C@@H]2OP(O)(=S)OCCc2ccc([N+](=O)[O-])cc2)(c2ccccc2)c2ccc(OC)cc2)cc1. The molecule has 0 amide bonds. The fraction of sp³-hybridized carbons (Fsp3) is 0.282. The van der Waals surface area contributed by atoms with Gasteiger partial charge in [0.1, 0.15) is 29.4 Å². The Bertz CT molecular complexity index is 2200. The third-order valence-corrected chi connectivity index (χ3v) is 11.0. The topological polar surface area (TPSA) is 174 Å². The third-order valence-electron chi connectivity index (χ3n) is 9.34. The highest BCUT2D eigenvalue weighted by molar-refractivity contribution is 8.07. The lowest BCUT2D eigenvalue weighted by atomic mass is 9.80. The number of aryl methyl sites for hydroxylation is 1. The van der Waals surface area contributed by atoms with Crippen LogP contribution in [-0.4, -0.2) is 59.0 Å². The summed E-state index contributed by atoms with van der Waals surface area (Å²) in [5.41, 5.74) is 0.894. The van der Waals surface area contributed by atoms with Crippen molar-refractivity contribution >= 4 is 24.2 Å². The number of non-ortho nitro benzene ring substituents is 1. The van der Waals surface area contributed by atoms with Gasteiger partial charge >= 0.3 is 12.4 Å². The van der Waals surface area contributed by atoms with Crippen LogP contribution in [0, 0.1) is 17.0 Å². The second-order valence-corrected chi connectivity index (χ2v) is 15.6. The molecule has 4 atom stereocenters. The summed E-state index contributed by atoms with van der Waals surface area (Å²) in [4.78, 5) is 49.4. The molecule has 0 saturated carbocycles. The number of hydrogen-bond donors (Lipinski definition) is 2. The van der Waals surface area contributed by atoms with Crippen LogP contribution in [0.3, 0.4) is 0 Å². The molecule has 14 nitrogen and oxygen atoms in total. The number of H-pyrrole nitrogens is 1. The number of nitrogens with zero attached hydrogens (tertiary/aromatic N) is 2. The van der Waals surface area contributed by atoms with Crippen molar-refractivity contribution in [1.82, 2.24) is 9.55 Å². The van der Waals surface area contributed by atoms with Crippen LogP contribution in [0.25, 0.3) is 0 Å². The normalized spacial score (nSPS) is 18.1. The molecule has 1 aliphatic rings. The van der Waals surface area contributed by atoms with E-state index in [9.17, 15) is 24.6 Å². The minimum Gasteiger partial charge on any atom is -0.497 e. The summed E-state index contributed by atoms with van der Waals surface area (Å²) in [6.45, 7) is -2.51. The summed E-state index contributed by atoms with van der Waals surface area (Å²) in [5, 5.41) is 11.0. The van der Waals surface area contributed by atoms with Crippen LogP contribution in [0.2, 0.25) is 0 Å². The highest BCUT2D eigenvalue weighted by atomic mass is 32.5. The molecular formula is C39H40N3O11PS. The molecule has 5 aromatic rings. The molecule has 288 valence electrons. The van der Waals surface area contributed by atoms with Gasteiger partial charge in [0.25, 0.3) is 11.2 Å². The number of nitro groups is 1. The van der Waals surface area contributed by atoms with Crippen LogP contribution in [0.4, 0.5) is 5.69 Å². The molecule has 0 bridgehead atoms. The van der Waals surface area contributed by atoms with E-state index in [4.69, 9.17) is 39.8 Å². The fourth-order valence-corrected chi connectivity index (χ4v) is 7.98. The van der Waals surface area contributed by atoms with Gasteiger partial charge in [-0.25, -0.2) is 4.79 Å². The van der Waals surface area contributed by atoms with Crippen LogP contribution in [-0.2, 0) is 42.3 Å². The van der Waals surface area contributed by atoms with Crippen LogP contribution >= 0.6 is 6.72 Å². The van der Waals surface area contributed by atoms with Crippen molar-refractivity contribution in [3.63, 3.8) is 0 Å². The summed E-state index contributed by atoms with van der Waals surface area (Å²) < 4.78 is 37.6. The minimum atomic E-state index is -3.93. The fourth-order valence-electron chi connectivity index (χ4n) is 6.48. The average Bonchev–Trinajstić information content (AvgIpc) is 3.58. The van der Waals surface area contributed by atoms with Gasteiger partial charge in [-0.05, 0) is 71.7 Å². The first-order valence-electron chi connectivity index (χ1n) is 17.3. The monoisotopic (exact) mass is 789 g/mol. The van der Waals surface area contributed by atoms with E-state index >= 15 is 0 Å². The van der Waals surface area contributed by atoms with E-state index in [1.54, 1.807) is 33.3 Å². The first-order valence-corrected chi connectivity index (χ1v) is 19.9. The zero-order valence-electron chi connectivity index (χ0n) is 30.2. The number of aromatic nitrogens is 2. The smallest absolute Gasteiger partial charge is 0.330 e. The van der Waals surface area contributed by atoms with E-state index in [1.807, 2.05) is 78.9 Å². The summed E-state index contributed by atoms with van der Waals surface area (Å²) in [5.74, 6) is 1.31. The molecular weight excluding hydrogens is 749 g/mol. The van der Waals surface area contributed by atoms with Gasteiger partial charge in [-0.2, -0.15) is 0 Å². The Balaban J connectivity index is 1.33. The molecule has 1 saturated heterocycles. The van der Waals surface area contributed by atoms with Gasteiger partial charge in [-0.15, -0.1) is 0 Å². The minimum absolute atomic E-state index is 0.0333. The maximum Gasteiger partial charge on any atom is 0.330 e. The summed E-state index contributed by atoms with van der Waals surface area (Å²) >= 11 is 5.45. The molecule has 1 unspecified atom stereocenters. The molecule has 2 heterocycles. The van der Waals surface area contributed by atoms with E-state index < -0.39 is 46.9 Å². The zero-order valence-corrected chi connectivity index (χ0v) is 31.9. The molecule has 6 rings (SSSR count). The lowest BCUT2D eigenvalue weighted by Crippen LogP contribution is -2.38. The Hall–Kier alpha value is -4.99. The largest absolute Gasteiger partial charge is 0.497 e. The van der Waals surface area contributed by atoms with Gasteiger partial charge in [0, 0.05) is 30.3 Å². The van der Waals surface area contributed by atoms with Crippen molar-refractivity contribution in [2.24, 2.45) is 0 Å². The van der Waals surface area contributed by atoms with Gasteiger partial charge in [-0.1, -0.05) is 66.7 Å². The van der Waals surface area contributed by atoms with E-state index in [0.717, 1.165) is 22.3 Å². The van der Waals surface area contributed by atoms with Crippen molar-refractivity contribution in [2.45, 2.75) is 43.8 Å². The number of ether oxygens (including phenoxy) is 4. The van der Waals surface area contributed by atoms with E-state index in [0.29, 0.717) is 23.5 Å². The maximum absolute atomic E-state index is 13.0. The van der Waals surface area contributed by atoms with Gasteiger partial charge in [-0.3, -0.25) is 24.5 Å². The number of aromatic amines is 1. The highest BCUT2D eigenvalue weighted by Crippen LogP contribution is 2.49. The van der Waals surface area contributed by atoms with Crippen molar-refractivity contribution in [3.05, 3.63) is 168 Å². The molecule has 1 aromatic heterocycles. The van der Waals surface area contributed by atoms with Crippen molar-refractivity contribution < 1.29 is 37.8 Å². The lowest BCUT2D eigenvalue weighted by molar-refractivity contribution is -0.384. The molecule has 0 aliphatic carbocycles. The second-order valence-electron chi connectivity index (χ2n) is 12.8. The van der Waals surface area contributed by atoms with Crippen LogP contribution < -0.4 is 20.7 Å². The lowest BCUT2D eigenvalue weighted by Gasteiger charge is -2.37. The van der Waals surface area contributed by atoms with Gasteiger partial charge in [0.05, 0.1) is 38.5 Å². The number of nitrogens with one attached hydrogen (secondary N) is 1. The molecule has 0 spiro atoms. The van der Waals surface area contributed by atoms with Crippen LogP contribution in [0.1, 0.15) is 40.5 Å². The summed E-state index contributed by atoms with van der Waals surface area (Å²) in [7, 11) is 3.18. The zero-order chi connectivity index (χ0) is 39.2. The quantitative estimate of drug-likeness (QED) is 0.0523. The standard InChI is InChI=1S/C39H40N3O11PS/c1-26-24-41(38(44)40-37(26)43)36-23-34(53-54(47,55)51-22-21-27-9-15-31(16-10-27)42(45)46)35(52-36)25-50-39(28-7-5-4-6-8-28,29-11-17-32(48-2)18-12-29)30-13-19-33(49-3)20-14-30/h4-20,24,34-36H,21-23,25H2,1-3H3,(H,47,55)(H,40,43,44)/t34-,35+,36+,54?/m0/s1. The van der Waals surface area contributed by atoms with Gasteiger partial charge in [0.15, 0.2) is 0 Å². The first kappa shape index (κ1) is 39.7. The molecule has 4 aromatic carbocycles. The Morgan fingerprint density at radius 3 is 2.07 bits per heavy atom. The number of benzene rings is 4. The molecule has 2 N–H and O–H groups in total. The molecule has 1 fully saturated rings. The predicted molar refractivity (Wildman–Crippen MR) is 207 cm³/mol. The summed E-state index contributed by atoms with van der Waals surface area (Å²) in [6, 6.07) is 30.6. The predicted octanol–water partition coefficient (Wildman–Crippen LogP) is 5.93. The number of nitro benzene ring substituents is 1. The van der Waals surface area contributed by atoms with Crippen LogP contribution in [0.15, 0.2) is 119 Å². The number of methoxy groups -OCH3 is 2.